The molecule has 2 atom stereocenters. The van der Waals surface area contributed by atoms with E-state index in [1.54, 1.807) is 12.4 Å². The van der Waals surface area contributed by atoms with Gasteiger partial charge < -0.3 is 15.1 Å². The van der Waals surface area contributed by atoms with E-state index in [0.717, 1.165) is 51.1 Å². The molecule has 0 radical (unpaired) electrons. The molecule has 4 aliphatic rings. The number of allylic oxidation sites excluding steroid dienone is 1. The van der Waals surface area contributed by atoms with E-state index in [2.05, 4.69) is 42.4 Å². The number of rotatable bonds is 3. The van der Waals surface area contributed by atoms with Crippen LogP contribution in [-0.2, 0) is 4.79 Å². The van der Waals surface area contributed by atoms with Crippen LogP contribution >= 0.6 is 11.6 Å². The van der Waals surface area contributed by atoms with Crippen LogP contribution < -0.4 is 10.2 Å². The van der Waals surface area contributed by atoms with Crippen LogP contribution in [0.4, 0.5) is 5.82 Å². The number of aliphatic imine (C=N–C) groups is 1. The Morgan fingerprint density at radius 2 is 2.07 bits per heavy atom. The zero-order valence-corrected chi connectivity index (χ0v) is 17.1. The largest absolute Gasteiger partial charge is 0.369 e. The van der Waals surface area contributed by atoms with Crippen LogP contribution in [-0.4, -0.2) is 59.3 Å². The molecule has 7 nitrogen and oxygen atoms in total. The number of nitrogens with zero attached hydrogens (tertiary/aromatic N) is 5. The molecule has 1 spiro atoms. The molecule has 1 amide bonds. The molecule has 1 aromatic heterocycles. The summed E-state index contributed by atoms with van der Waals surface area (Å²) in [7, 11) is 0. The van der Waals surface area contributed by atoms with E-state index in [1.807, 2.05) is 12.3 Å². The minimum absolute atomic E-state index is 0.0888. The molecule has 4 aliphatic heterocycles. The Bertz CT molecular complexity index is 889. The van der Waals surface area contributed by atoms with Crippen molar-refractivity contribution in [2.45, 2.75) is 31.8 Å². The van der Waals surface area contributed by atoms with Crippen LogP contribution in [0, 0.1) is 11.3 Å². The quantitative estimate of drug-likeness (QED) is 0.825. The number of aromatic nitrogens is 2. The number of halogens is 1. The smallest absolute Gasteiger partial charge is 0.229 e. The summed E-state index contributed by atoms with van der Waals surface area (Å²) in [5.41, 5.74) is 1.01. The summed E-state index contributed by atoms with van der Waals surface area (Å²) in [6, 6.07) is 0. The van der Waals surface area contributed by atoms with Crippen LogP contribution in [0.5, 0.6) is 0 Å². The average molecular weight is 413 g/mol. The number of likely N-dealkylation sites (tertiary alicyclic amines) is 1. The zero-order chi connectivity index (χ0) is 19.8. The van der Waals surface area contributed by atoms with Gasteiger partial charge in [-0.2, -0.15) is 0 Å². The Kier molecular flexibility index (Phi) is 4.78. The summed E-state index contributed by atoms with van der Waals surface area (Å²) in [5.74, 6) is 1.37. The maximum atomic E-state index is 13.5. The molecule has 2 saturated heterocycles. The monoisotopic (exact) mass is 412 g/mol. The Morgan fingerprint density at radius 3 is 2.90 bits per heavy atom. The first-order valence-electron chi connectivity index (χ1n) is 10.3. The van der Waals surface area contributed by atoms with Gasteiger partial charge in [0.1, 0.15) is 17.1 Å². The first kappa shape index (κ1) is 18.6. The fourth-order valence-corrected chi connectivity index (χ4v) is 5.20. The Labute approximate surface area is 175 Å². The van der Waals surface area contributed by atoms with E-state index >= 15 is 0 Å². The van der Waals surface area contributed by atoms with Gasteiger partial charge in [-0.25, -0.2) is 4.98 Å². The van der Waals surface area contributed by atoms with Gasteiger partial charge in [0.05, 0.1) is 17.8 Å². The van der Waals surface area contributed by atoms with E-state index in [0.29, 0.717) is 17.6 Å². The molecule has 152 valence electrons. The molecule has 0 aromatic carbocycles. The third-order valence-corrected chi connectivity index (χ3v) is 6.88. The predicted molar refractivity (Wildman–Crippen MR) is 113 cm³/mol. The fraction of sp³-hybridized carbons (Fsp3) is 0.524. The Balaban J connectivity index is 1.26. The number of carbonyl (C=O) groups is 1. The summed E-state index contributed by atoms with van der Waals surface area (Å²) in [6.07, 6.45) is 15.2. The first-order valence-corrected chi connectivity index (χ1v) is 10.7. The third-order valence-electron chi connectivity index (χ3n) is 6.69. The zero-order valence-electron chi connectivity index (χ0n) is 16.3. The number of fused-ring (bicyclic) bond motifs is 1. The van der Waals surface area contributed by atoms with Gasteiger partial charge in [0.15, 0.2) is 0 Å². The fourth-order valence-electron chi connectivity index (χ4n) is 5.06. The number of nitrogens with one attached hydrogen (secondary N) is 1. The second-order valence-corrected chi connectivity index (χ2v) is 8.72. The summed E-state index contributed by atoms with van der Waals surface area (Å²) in [5, 5.41) is 3.74. The van der Waals surface area contributed by atoms with E-state index in [-0.39, 0.29) is 17.5 Å². The van der Waals surface area contributed by atoms with Crippen LogP contribution in [0.1, 0.15) is 25.7 Å². The van der Waals surface area contributed by atoms with Gasteiger partial charge in [-0.15, -0.1) is 0 Å². The summed E-state index contributed by atoms with van der Waals surface area (Å²) < 4.78 is 0. The Hall–Kier alpha value is -2.41. The molecule has 0 saturated carbocycles. The maximum Gasteiger partial charge on any atom is 0.229 e. The van der Waals surface area contributed by atoms with Crippen LogP contribution in [0.25, 0.3) is 0 Å². The van der Waals surface area contributed by atoms with Crippen molar-refractivity contribution in [3.8, 4) is 0 Å². The highest BCUT2D eigenvalue weighted by Gasteiger charge is 2.46. The van der Waals surface area contributed by atoms with Crippen molar-refractivity contribution in [1.82, 2.24) is 20.2 Å². The van der Waals surface area contributed by atoms with Crippen molar-refractivity contribution >= 4 is 29.5 Å². The molecule has 0 bridgehead atoms. The second-order valence-electron chi connectivity index (χ2n) is 8.34. The molecule has 8 heteroatoms. The minimum Gasteiger partial charge on any atom is -0.369 e. The maximum absolute atomic E-state index is 13.5. The number of piperidine rings is 2. The molecular weight excluding hydrogens is 388 g/mol. The van der Waals surface area contributed by atoms with Crippen LogP contribution in [0.15, 0.2) is 41.3 Å². The molecule has 2 unspecified atom stereocenters. The minimum atomic E-state index is -0.243. The number of hydrogen-bond donors (Lipinski definition) is 1. The normalized spacial score (nSPS) is 27.8. The van der Waals surface area contributed by atoms with Crippen molar-refractivity contribution in [2.75, 3.05) is 31.1 Å². The predicted octanol–water partition coefficient (Wildman–Crippen LogP) is 2.41. The second kappa shape index (κ2) is 7.44. The highest BCUT2D eigenvalue weighted by molar-refractivity contribution is 6.29. The van der Waals surface area contributed by atoms with Gasteiger partial charge in [-0.05, 0) is 43.5 Å². The van der Waals surface area contributed by atoms with Gasteiger partial charge in [-0.1, -0.05) is 17.7 Å². The van der Waals surface area contributed by atoms with Gasteiger partial charge in [-0.3, -0.25) is 14.8 Å². The molecule has 0 aliphatic carbocycles. The van der Waals surface area contributed by atoms with Crippen molar-refractivity contribution in [1.29, 1.82) is 0 Å². The summed E-state index contributed by atoms with van der Waals surface area (Å²) >= 11 is 5.99. The van der Waals surface area contributed by atoms with Crippen molar-refractivity contribution in [2.24, 2.45) is 16.3 Å². The highest BCUT2D eigenvalue weighted by Crippen LogP contribution is 2.42. The van der Waals surface area contributed by atoms with Gasteiger partial charge >= 0.3 is 0 Å². The highest BCUT2D eigenvalue weighted by atomic mass is 35.5. The molecule has 1 aromatic rings. The lowest BCUT2D eigenvalue weighted by atomic mass is 9.71. The number of carbonyl (C=O) groups excluding carboxylic acids is 1. The van der Waals surface area contributed by atoms with Crippen LogP contribution in [0.3, 0.4) is 0 Å². The molecule has 29 heavy (non-hydrogen) atoms. The summed E-state index contributed by atoms with van der Waals surface area (Å²) in [4.78, 5) is 30.8. The van der Waals surface area contributed by atoms with E-state index in [4.69, 9.17) is 11.6 Å². The van der Waals surface area contributed by atoms with Gasteiger partial charge in [0, 0.05) is 38.3 Å². The van der Waals surface area contributed by atoms with Gasteiger partial charge in [0.2, 0.25) is 5.91 Å². The average Bonchev–Trinajstić information content (AvgIpc) is 3.15. The van der Waals surface area contributed by atoms with Crippen LogP contribution in [0.2, 0.25) is 5.15 Å². The molecule has 5 heterocycles. The number of hydrogen-bond acceptors (Lipinski definition) is 6. The molecule has 2 fully saturated rings. The van der Waals surface area contributed by atoms with Crippen molar-refractivity contribution in [3.05, 3.63) is 41.5 Å². The van der Waals surface area contributed by atoms with Gasteiger partial charge in [0.25, 0.3) is 0 Å². The number of anilines is 1. The number of amides is 1. The van der Waals surface area contributed by atoms with E-state index in [9.17, 15) is 4.79 Å². The lowest BCUT2D eigenvalue weighted by molar-refractivity contribution is -0.147. The van der Waals surface area contributed by atoms with Crippen molar-refractivity contribution in [3.63, 3.8) is 0 Å². The lowest BCUT2D eigenvalue weighted by Gasteiger charge is -2.46. The lowest BCUT2D eigenvalue weighted by Crippen LogP contribution is -2.54. The standard InChI is InChI=1S/C21H25ClN6O/c22-17-12-23-13-18(26-17)27-9-5-21(6-10-27)4-2-8-28(20(21)29)14-15-11-25-19-16(15)3-1-7-24-19/h1,3,7,11-13,16,19,25H,2,4-6,8-10,14H2. The third kappa shape index (κ3) is 3.41. The Morgan fingerprint density at radius 1 is 1.21 bits per heavy atom. The molecule has 5 rings (SSSR count). The topological polar surface area (TPSA) is 73.7 Å². The van der Waals surface area contributed by atoms with E-state index in [1.165, 1.54) is 5.57 Å². The first-order chi connectivity index (χ1) is 14.1. The van der Waals surface area contributed by atoms with E-state index < -0.39 is 0 Å². The molecular formula is C21H25ClN6O. The van der Waals surface area contributed by atoms with Crippen molar-refractivity contribution < 1.29 is 4.79 Å². The summed E-state index contributed by atoms with van der Waals surface area (Å²) in [6.45, 7) is 3.14. The molecule has 1 N–H and O–H groups in total. The number of dihydropyridines is 1. The SMILES string of the molecule is O=C1N(CC2=CNC3N=CC=CC23)CCCC12CCN(c1cncc(Cl)n1)CC2.